The number of methoxy groups -OCH3 is 1. The van der Waals surface area contributed by atoms with Gasteiger partial charge in [0.1, 0.15) is 0 Å². The van der Waals surface area contributed by atoms with E-state index in [2.05, 4.69) is 33.8 Å². The molecule has 1 aromatic heterocycles. The molecule has 1 atom stereocenters. The normalized spacial score (nSPS) is 25.1. The second kappa shape index (κ2) is 6.42. The molecule has 0 saturated heterocycles. The van der Waals surface area contributed by atoms with Crippen LogP contribution in [-0.2, 0) is 9.53 Å². The summed E-state index contributed by atoms with van der Waals surface area (Å²) in [6.07, 6.45) is 10.5. The van der Waals surface area contributed by atoms with Crippen molar-refractivity contribution in [2.45, 2.75) is 44.6 Å². The fourth-order valence-electron chi connectivity index (χ4n) is 4.47. The highest BCUT2D eigenvalue weighted by molar-refractivity contribution is 5.72. The summed E-state index contributed by atoms with van der Waals surface area (Å²) in [6, 6.07) is 9.10. The van der Waals surface area contributed by atoms with E-state index in [1.165, 1.54) is 30.4 Å². The molecule has 1 aliphatic carbocycles. The molecule has 0 bridgehead atoms. The third kappa shape index (κ3) is 2.64. The molecule has 0 radical (unpaired) electrons. The average Bonchev–Trinajstić information content (AvgIpc) is 3.21. The molecule has 126 valence electrons. The van der Waals surface area contributed by atoms with Gasteiger partial charge in [-0.1, -0.05) is 24.3 Å². The largest absolute Gasteiger partial charge is 0.469 e. The van der Waals surface area contributed by atoms with E-state index in [0.717, 1.165) is 38.0 Å². The fraction of sp³-hybridized carbons (Fsp3) is 0.500. The molecule has 1 aliphatic heterocycles. The average molecular weight is 324 g/mol. The van der Waals surface area contributed by atoms with Gasteiger partial charge in [0.25, 0.3) is 0 Å². The van der Waals surface area contributed by atoms with Crippen LogP contribution in [0.5, 0.6) is 0 Å². The Morgan fingerprint density at radius 1 is 1.21 bits per heavy atom. The van der Waals surface area contributed by atoms with E-state index in [4.69, 9.17) is 4.74 Å². The van der Waals surface area contributed by atoms with Crippen LogP contribution in [-0.4, -0.2) is 22.6 Å². The summed E-state index contributed by atoms with van der Waals surface area (Å²) in [6.45, 7) is 0. The molecule has 2 heterocycles. The van der Waals surface area contributed by atoms with Crippen LogP contribution in [0.2, 0.25) is 0 Å². The topological polar surface area (TPSA) is 44.1 Å². The van der Waals surface area contributed by atoms with Crippen LogP contribution in [0.15, 0.2) is 36.8 Å². The number of nitrogens with zero attached hydrogens (tertiary/aromatic N) is 2. The molecule has 0 spiro atoms. The number of rotatable bonds is 4. The molecule has 1 aromatic carbocycles. The molecule has 0 amide bonds. The first-order valence-electron chi connectivity index (χ1n) is 8.97. The van der Waals surface area contributed by atoms with Gasteiger partial charge in [-0.05, 0) is 50.0 Å². The summed E-state index contributed by atoms with van der Waals surface area (Å²) in [5.41, 5.74) is 4.00. The predicted octanol–water partition coefficient (Wildman–Crippen LogP) is 4.21. The SMILES string of the molecule is COC(=O)C1CCC(CCC2c3ccccc3-c3cncn32)CC1. The lowest BCUT2D eigenvalue weighted by Crippen LogP contribution is -2.23. The van der Waals surface area contributed by atoms with Gasteiger partial charge in [0, 0.05) is 5.56 Å². The van der Waals surface area contributed by atoms with E-state index in [9.17, 15) is 4.79 Å². The zero-order chi connectivity index (χ0) is 16.5. The van der Waals surface area contributed by atoms with Crippen LogP contribution < -0.4 is 0 Å². The molecule has 1 fully saturated rings. The molecule has 2 aromatic rings. The Hall–Kier alpha value is -2.10. The Labute approximate surface area is 142 Å². The highest BCUT2D eigenvalue weighted by atomic mass is 16.5. The molecule has 0 N–H and O–H groups in total. The molecule has 4 rings (SSSR count). The molecule has 2 aliphatic rings. The van der Waals surface area contributed by atoms with Gasteiger partial charge in [-0.15, -0.1) is 0 Å². The third-order valence-electron chi connectivity index (χ3n) is 5.83. The maximum atomic E-state index is 11.7. The number of carbonyl (C=O) groups is 1. The molecule has 1 unspecified atom stereocenters. The van der Waals surface area contributed by atoms with Crippen molar-refractivity contribution in [3.8, 4) is 11.3 Å². The number of hydrogen-bond donors (Lipinski definition) is 0. The van der Waals surface area contributed by atoms with Crippen molar-refractivity contribution in [1.29, 1.82) is 0 Å². The second-order valence-electron chi connectivity index (χ2n) is 7.11. The fourth-order valence-corrected chi connectivity index (χ4v) is 4.47. The Morgan fingerprint density at radius 2 is 2.00 bits per heavy atom. The highest BCUT2D eigenvalue weighted by Gasteiger charge is 2.30. The summed E-state index contributed by atoms with van der Waals surface area (Å²) in [5, 5.41) is 0. The van der Waals surface area contributed by atoms with Gasteiger partial charge < -0.3 is 9.30 Å². The van der Waals surface area contributed by atoms with Gasteiger partial charge in [-0.3, -0.25) is 4.79 Å². The number of fused-ring (bicyclic) bond motifs is 3. The van der Waals surface area contributed by atoms with Crippen molar-refractivity contribution >= 4 is 5.97 Å². The summed E-state index contributed by atoms with van der Waals surface area (Å²) < 4.78 is 7.21. The summed E-state index contributed by atoms with van der Waals surface area (Å²) in [5.74, 6) is 0.825. The first-order valence-corrected chi connectivity index (χ1v) is 8.97. The van der Waals surface area contributed by atoms with Crippen molar-refractivity contribution in [3.63, 3.8) is 0 Å². The zero-order valence-electron chi connectivity index (χ0n) is 14.1. The standard InChI is InChI=1S/C20H24N2O2/c1-24-20(23)15-9-6-14(7-10-15)8-11-18-16-4-2-3-5-17(16)19-12-21-13-22(18)19/h2-5,12-15,18H,6-11H2,1H3. The van der Waals surface area contributed by atoms with Crippen LogP contribution in [0, 0.1) is 11.8 Å². The number of aromatic nitrogens is 2. The monoisotopic (exact) mass is 324 g/mol. The highest BCUT2D eigenvalue weighted by Crippen LogP contribution is 2.42. The maximum absolute atomic E-state index is 11.7. The van der Waals surface area contributed by atoms with Gasteiger partial charge in [0.05, 0.1) is 37.3 Å². The minimum Gasteiger partial charge on any atom is -0.469 e. The Kier molecular flexibility index (Phi) is 4.13. The van der Waals surface area contributed by atoms with Gasteiger partial charge in [0.15, 0.2) is 0 Å². The predicted molar refractivity (Wildman–Crippen MR) is 92.5 cm³/mol. The lowest BCUT2D eigenvalue weighted by molar-refractivity contribution is -0.146. The zero-order valence-corrected chi connectivity index (χ0v) is 14.1. The maximum Gasteiger partial charge on any atom is 0.308 e. The van der Waals surface area contributed by atoms with Crippen LogP contribution in [0.4, 0.5) is 0 Å². The first-order chi connectivity index (χ1) is 11.8. The van der Waals surface area contributed by atoms with E-state index in [0.29, 0.717) is 6.04 Å². The molecule has 4 nitrogen and oxygen atoms in total. The van der Waals surface area contributed by atoms with E-state index in [1.807, 2.05) is 12.5 Å². The molecular formula is C20H24N2O2. The molecule has 1 saturated carbocycles. The summed E-state index contributed by atoms with van der Waals surface area (Å²) in [4.78, 5) is 16.0. The lowest BCUT2D eigenvalue weighted by Gasteiger charge is -2.28. The minimum atomic E-state index is -0.0266. The number of esters is 1. The van der Waals surface area contributed by atoms with Crippen molar-refractivity contribution in [3.05, 3.63) is 42.4 Å². The quantitative estimate of drug-likeness (QED) is 0.791. The molecule has 24 heavy (non-hydrogen) atoms. The Balaban J connectivity index is 1.40. The van der Waals surface area contributed by atoms with E-state index < -0.39 is 0 Å². The van der Waals surface area contributed by atoms with E-state index in [1.54, 1.807) is 0 Å². The third-order valence-corrected chi connectivity index (χ3v) is 5.83. The lowest BCUT2D eigenvalue weighted by atomic mass is 9.79. The number of carbonyl (C=O) groups excluding carboxylic acids is 1. The van der Waals surface area contributed by atoms with E-state index >= 15 is 0 Å². The first kappa shape index (κ1) is 15.4. The van der Waals surface area contributed by atoms with Gasteiger partial charge in [-0.2, -0.15) is 0 Å². The van der Waals surface area contributed by atoms with Crippen molar-refractivity contribution in [2.24, 2.45) is 11.8 Å². The Bertz CT molecular complexity index is 729. The Morgan fingerprint density at radius 3 is 2.79 bits per heavy atom. The van der Waals surface area contributed by atoms with E-state index in [-0.39, 0.29) is 11.9 Å². The van der Waals surface area contributed by atoms with Gasteiger partial charge in [0.2, 0.25) is 0 Å². The molecular weight excluding hydrogens is 300 g/mol. The number of hydrogen-bond acceptors (Lipinski definition) is 3. The van der Waals surface area contributed by atoms with Crippen LogP contribution in [0.25, 0.3) is 11.3 Å². The smallest absolute Gasteiger partial charge is 0.308 e. The van der Waals surface area contributed by atoms with Crippen LogP contribution in [0.3, 0.4) is 0 Å². The number of ether oxygens (including phenoxy) is 1. The molecule has 4 heteroatoms. The van der Waals surface area contributed by atoms with Gasteiger partial charge in [-0.25, -0.2) is 4.98 Å². The number of benzene rings is 1. The van der Waals surface area contributed by atoms with Crippen molar-refractivity contribution in [1.82, 2.24) is 9.55 Å². The number of imidazole rings is 1. The van der Waals surface area contributed by atoms with Crippen molar-refractivity contribution in [2.75, 3.05) is 7.11 Å². The summed E-state index contributed by atoms with van der Waals surface area (Å²) in [7, 11) is 1.49. The van der Waals surface area contributed by atoms with Crippen molar-refractivity contribution < 1.29 is 9.53 Å². The van der Waals surface area contributed by atoms with Crippen LogP contribution in [0.1, 0.15) is 50.1 Å². The van der Waals surface area contributed by atoms with Crippen LogP contribution >= 0.6 is 0 Å². The van der Waals surface area contributed by atoms with Gasteiger partial charge >= 0.3 is 5.97 Å². The minimum absolute atomic E-state index is 0.0266. The summed E-state index contributed by atoms with van der Waals surface area (Å²) >= 11 is 0. The second-order valence-corrected chi connectivity index (χ2v) is 7.11.